The summed E-state index contributed by atoms with van der Waals surface area (Å²) in [5.74, 6) is -2.41. The first-order valence-corrected chi connectivity index (χ1v) is 9.95. The summed E-state index contributed by atoms with van der Waals surface area (Å²) in [4.78, 5) is 41.2. The lowest BCUT2D eigenvalue weighted by atomic mass is 10.2. The molecule has 0 atom stereocenters. The van der Waals surface area contributed by atoms with Crippen molar-refractivity contribution in [3.63, 3.8) is 0 Å². The van der Waals surface area contributed by atoms with Crippen molar-refractivity contribution in [2.75, 3.05) is 36.2 Å². The summed E-state index contributed by atoms with van der Waals surface area (Å²) in [5.41, 5.74) is 4.95. The Bertz CT molecular complexity index is 1240. The number of nitrogens with zero attached hydrogens (tertiary/aromatic N) is 2. The number of ether oxygens (including phenoxy) is 1. The molecule has 0 fully saturated rings. The van der Waals surface area contributed by atoms with E-state index in [0.29, 0.717) is 0 Å². The van der Waals surface area contributed by atoms with Crippen LogP contribution in [0.2, 0.25) is 0 Å². The van der Waals surface area contributed by atoms with Crippen molar-refractivity contribution < 1.29 is 18.3 Å². The molecule has 33 heavy (non-hydrogen) atoms. The number of halogens is 2. The Hall–Kier alpha value is -3.99. The average Bonchev–Trinajstić information content (AvgIpc) is 2.76. The number of aromatic nitrogens is 2. The van der Waals surface area contributed by atoms with E-state index in [9.17, 15) is 23.2 Å². The van der Waals surface area contributed by atoms with Gasteiger partial charge in [-0.25, -0.2) is 13.6 Å². The lowest BCUT2D eigenvalue weighted by molar-refractivity contribution is -0.115. The Kier molecular flexibility index (Phi) is 7.57. The number of nitrogen functional groups attached to an aromatic ring is 1. The van der Waals surface area contributed by atoms with Gasteiger partial charge in [0.15, 0.2) is 0 Å². The fourth-order valence-electron chi connectivity index (χ4n) is 3.26. The maximum absolute atomic E-state index is 14.0. The van der Waals surface area contributed by atoms with E-state index >= 15 is 0 Å². The molecule has 4 N–H and O–H groups in total. The Morgan fingerprint density at radius 2 is 1.91 bits per heavy atom. The smallest absolute Gasteiger partial charge is 0.330 e. The first-order valence-electron chi connectivity index (χ1n) is 9.95. The van der Waals surface area contributed by atoms with E-state index in [0.717, 1.165) is 28.3 Å². The summed E-state index contributed by atoms with van der Waals surface area (Å²) in [6.45, 7) is -0.116. The maximum atomic E-state index is 14.0. The molecule has 0 radical (unpaired) electrons. The van der Waals surface area contributed by atoms with Crippen molar-refractivity contribution in [1.82, 2.24) is 9.55 Å². The molecule has 174 valence electrons. The van der Waals surface area contributed by atoms with Gasteiger partial charge in [0.05, 0.1) is 25.4 Å². The predicted octanol–water partition coefficient (Wildman–Crippen LogP) is 1.69. The van der Waals surface area contributed by atoms with Crippen molar-refractivity contribution in [3.8, 4) is 0 Å². The Morgan fingerprint density at radius 3 is 2.61 bits per heavy atom. The van der Waals surface area contributed by atoms with Crippen LogP contribution in [0.25, 0.3) is 0 Å². The van der Waals surface area contributed by atoms with Gasteiger partial charge in [0.25, 0.3) is 5.56 Å². The molecule has 3 aromatic rings. The third-order valence-electron chi connectivity index (χ3n) is 4.80. The minimum atomic E-state index is -0.815. The zero-order valence-electron chi connectivity index (χ0n) is 17.8. The average molecular weight is 459 g/mol. The topological polar surface area (TPSA) is 122 Å². The summed E-state index contributed by atoms with van der Waals surface area (Å²) in [5, 5.41) is 2.30. The zero-order valence-corrected chi connectivity index (χ0v) is 17.8. The highest BCUT2D eigenvalue weighted by Crippen LogP contribution is 2.20. The Labute approximate surface area is 187 Å². The number of nitrogens with one attached hydrogen (secondary N) is 2. The number of carbonyl (C=O) groups excluding carboxylic acids is 1. The number of hydrogen-bond acceptors (Lipinski definition) is 6. The van der Waals surface area contributed by atoms with Gasteiger partial charge in [0.1, 0.15) is 23.1 Å². The van der Waals surface area contributed by atoms with Crippen LogP contribution in [0.1, 0.15) is 5.56 Å². The molecular weight excluding hydrogens is 436 g/mol. The number of rotatable bonds is 9. The number of anilines is 3. The van der Waals surface area contributed by atoms with Crippen LogP contribution in [-0.4, -0.2) is 35.7 Å². The molecule has 1 amide bonds. The highest BCUT2D eigenvalue weighted by molar-refractivity contribution is 5.94. The highest BCUT2D eigenvalue weighted by atomic mass is 19.1. The number of benzene rings is 2. The van der Waals surface area contributed by atoms with Gasteiger partial charge in [0.2, 0.25) is 5.91 Å². The standard InChI is InChI=1S/C22H23F2N5O4/c1-33-10-9-29-20(25)19(21(31)27-22(29)32)28(12-14-5-3-2-4-6-14)13-18(30)26-17-11-15(23)7-8-16(17)24/h2-8,11H,9-10,12-13,25H2,1H3,(H,26,30)(H,27,31,32). The largest absolute Gasteiger partial charge is 0.383 e. The van der Waals surface area contributed by atoms with Crippen molar-refractivity contribution in [2.24, 2.45) is 0 Å². The number of H-pyrrole nitrogens is 1. The molecule has 9 nitrogen and oxygen atoms in total. The van der Waals surface area contributed by atoms with Gasteiger partial charge in [-0.2, -0.15) is 0 Å². The second kappa shape index (κ2) is 10.6. The fourth-order valence-corrected chi connectivity index (χ4v) is 3.26. The molecule has 1 heterocycles. The van der Waals surface area contributed by atoms with Gasteiger partial charge in [-0.15, -0.1) is 0 Å². The number of hydrogen-bond donors (Lipinski definition) is 3. The lowest BCUT2D eigenvalue weighted by Gasteiger charge is -2.26. The van der Waals surface area contributed by atoms with Gasteiger partial charge < -0.3 is 20.7 Å². The van der Waals surface area contributed by atoms with Crippen LogP contribution in [0, 0.1) is 11.6 Å². The molecule has 0 aliphatic heterocycles. The Morgan fingerprint density at radius 1 is 1.18 bits per heavy atom. The van der Waals surface area contributed by atoms with Gasteiger partial charge in [0, 0.05) is 19.7 Å². The van der Waals surface area contributed by atoms with E-state index in [1.807, 2.05) is 0 Å². The molecule has 3 rings (SSSR count). The van der Waals surface area contributed by atoms with E-state index < -0.39 is 35.3 Å². The molecule has 0 spiro atoms. The summed E-state index contributed by atoms with van der Waals surface area (Å²) < 4.78 is 33.5. The van der Waals surface area contributed by atoms with Gasteiger partial charge in [-0.05, 0) is 17.7 Å². The SMILES string of the molecule is COCCn1c(N)c(N(CC(=O)Nc2cc(F)ccc2F)Cc2ccccc2)c(=O)[nH]c1=O. The number of carbonyl (C=O) groups is 1. The van der Waals surface area contributed by atoms with Crippen molar-refractivity contribution in [1.29, 1.82) is 0 Å². The summed E-state index contributed by atoms with van der Waals surface area (Å²) in [7, 11) is 1.45. The first-order chi connectivity index (χ1) is 15.8. The monoisotopic (exact) mass is 459 g/mol. The molecule has 0 saturated heterocycles. The van der Waals surface area contributed by atoms with Gasteiger partial charge in [-0.3, -0.25) is 19.1 Å². The number of methoxy groups -OCH3 is 1. The minimum Gasteiger partial charge on any atom is -0.383 e. The van der Waals surface area contributed by atoms with E-state index in [2.05, 4.69) is 10.3 Å². The molecular formula is C22H23F2N5O4. The number of nitrogens with two attached hydrogens (primary N) is 1. The lowest BCUT2D eigenvalue weighted by Crippen LogP contribution is -2.41. The maximum Gasteiger partial charge on any atom is 0.330 e. The Balaban J connectivity index is 1.98. The minimum absolute atomic E-state index is 0.0742. The van der Waals surface area contributed by atoms with Crippen LogP contribution in [0.15, 0.2) is 58.1 Å². The van der Waals surface area contributed by atoms with Gasteiger partial charge >= 0.3 is 5.69 Å². The van der Waals surface area contributed by atoms with E-state index in [4.69, 9.17) is 10.5 Å². The predicted molar refractivity (Wildman–Crippen MR) is 120 cm³/mol. The van der Waals surface area contributed by atoms with E-state index in [1.54, 1.807) is 30.3 Å². The second-order valence-corrected chi connectivity index (χ2v) is 7.15. The van der Waals surface area contributed by atoms with Crippen LogP contribution in [0.3, 0.4) is 0 Å². The van der Waals surface area contributed by atoms with E-state index in [-0.39, 0.29) is 36.9 Å². The molecule has 0 bridgehead atoms. The quantitative estimate of drug-likeness (QED) is 0.448. The molecule has 0 aliphatic carbocycles. The summed E-state index contributed by atoms with van der Waals surface area (Å²) in [6, 6.07) is 11.6. The number of aromatic amines is 1. The highest BCUT2D eigenvalue weighted by Gasteiger charge is 2.22. The molecule has 2 aromatic carbocycles. The van der Waals surface area contributed by atoms with Crippen LogP contribution >= 0.6 is 0 Å². The summed E-state index contributed by atoms with van der Waals surface area (Å²) in [6.07, 6.45) is 0. The van der Waals surface area contributed by atoms with Crippen molar-refractivity contribution in [3.05, 3.63) is 86.6 Å². The first kappa shape index (κ1) is 23.7. The van der Waals surface area contributed by atoms with E-state index in [1.165, 1.54) is 12.0 Å². The van der Waals surface area contributed by atoms with Crippen LogP contribution in [0.5, 0.6) is 0 Å². The third kappa shape index (κ3) is 5.83. The normalized spacial score (nSPS) is 10.8. The zero-order chi connectivity index (χ0) is 24.0. The summed E-state index contributed by atoms with van der Waals surface area (Å²) >= 11 is 0. The second-order valence-electron chi connectivity index (χ2n) is 7.15. The van der Waals surface area contributed by atoms with Crippen LogP contribution in [-0.2, 0) is 22.6 Å². The number of amides is 1. The van der Waals surface area contributed by atoms with Crippen molar-refractivity contribution in [2.45, 2.75) is 13.1 Å². The van der Waals surface area contributed by atoms with Crippen LogP contribution in [0.4, 0.5) is 26.0 Å². The molecule has 1 aromatic heterocycles. The van der Waals surface area contributed by atoms with Crippen molar-refractivity contribution >= 4 is 23.1 Å². The molecule has 11 heteroatoms. The molecule has 0 aliphatic rings. The third-order valence-corrected chi connectivity index (χ3v) is 4.80. The molecule has 0 unspecified atom stereocenters. The van der Waals surface area contributed by atoms with Crippen LogP contribution < -0.4 is 27.2 Å². The van der Waals surface area contributed by atoms with Gasteiger partial charge in [-0.1, -0.05) is 30.3 Å². The molecule has 0 saturated carbocycles. The fraction of sp³-hybridized carbons (Fsp3) is 0.227.